The second kappa shape index (κ2) is 11.2. The topological polar surface area (TPSA) is 84.9 Å². The van der Waals surface area contributed by atoms with Crippen molar-refractivity contribution in [2.24, 2.45) is 5.92 Å². The van der Waals surface area contributed by atoms with Crippen molar-refractivity contribution in [1.29, 1.82) is 0 Å². The van der Waals surface area contributed by atoms with Gasteiger partial charge in [-0.15, -0.1) is 0 Å². The van der Waals surface area contributed by atoms with E-state index in [1.54, 1.807) is 24.3 Å². The van der Waals surface area contributed by atoms with Gasteiger partial charge in [-0.1, -0.05) is 18.2 Å². The van der Waals surface area contributed by atoms with Crippen LogP contribution in [0.3, 0.4) is 0 Å². The van der Waals surface area contributed by atoms with E-state index < -0.39 is 10.0 Å². The first-order valence-electron chi connectivity index (χ1n) is 10.7. The number of ether oxygens (including phenoxy) is 2. The molecule has 0 unspecified atom stereocenters. The van der Waals surface area contributed by atoms with E-state index in [-0.39, 0.29) is 16.7 Å². The SMILES string of the molecule is CCOc1ccc(S(=O)(=O)N2CCC(C(=O)NCCCOc3ccccc3)CC2)cc1. The molecule has 7 nitrogen and oxygen atoms in total. The summed E-state index contributed by atoms with van der Waals surface area (Å²) in [6.45, 7) is 4.15. The average Bonchev–Trinajstić information content (AvgIpc) is 2.80. The van der Waals surface area contributed by atoms with Crippen molar-refractivity contribution in [2.75, 3.05) is 32.8 Å². The van der Waals surface area contributed by atoms with Crippen molar-refractivity contribution >= 4 is 15.9 Å². The number of carbonyl (C=O) groups is 1. The third kappa shape index (κ3) is 6.45. The van der Waals surface area contributed by atoms with E-state index in [4.69, 9.17) is 9.47 Å². The van der Waals surface area contributed by atoms with Gasteiger partial charge < -0.3 is 14.8 Å². The number of carbonyl (C=O) groups excluding carboxylic acids is 1. The maximum atomic E-state index is 12.9. The lowest BCUT2D eigenvalue weighted by Gasteiger charge is -2.30. The van der Waals surface area contributed by atoms with Crippen molar-refractivity contribution < 1.29 is 22.7 Å². The predicted molar refractivity (Wildman–Crippen MR) is 119 cm³/mol. The number of para-hydroxylation sites is 1. The highest BCUT2D eigenvalue weighted by atomic mass is 32.2. The zero-order valence-corrected chi connectivity index (χ0v) is 18.6. The maximum Gasteiger partial charge on any atom is 0.243 e. The molecule has 31 heavy (non-hydrogen) atoms. The summed E-state index contributed by atoms with van der Waals surface area (Å²) in [6.07, 6.45) is 1.75. The first-order valence-corrected chi connectivity index (χ1v) is 12.1. The van der Waals surface area contributed by atoms with E-state index in [1.807, 2.05) is 37.3 Å². The minimum Gasteiger partial charge on any atom is -0.494 e. The van der Waals surface area contributed by atoms with E-state index in [0.29, 0.717) is 57.9 Å². The molecule has 2 aromatic rings. The van der Waals surface area contributed by atoms with Crippen molar-refractivity contribution in [3.8, 4) is 11.5 Å². The van der Waals surface area contributed by atoms with Crippen LogP contribution in [0.2, 0.25) is 0 Å². The quantitative estimate of drug-likeness (QED) is 0.567. The number of hydrogen-bond acceptors (Lipinski definition) is 5. The molecule has 1 N–H and O–H groups in total. The van der Waals surface area contributed by atoms with Gasteiger partial charge in [0, 0.05) is 25.6 Å². The third-order valence-electron chi connectivity index (χ3n) is 5.23. The fraction of sp³-hybridized carbons (Fsp3) is 0.435. The van der Waals surface area contributed by atoms with Gasteiger partial charge in [0.05, 0.1) is 18.1 Å². The summed E-state index contributed by atoms with van der Waals surface area (Å²) >= 11 is 0. The van der Waals surface area contributed by atoms with Crippen LogP contribution in [0.5, 0.6) is 11.5 Å². The van der Waals surface area contributed by atoms with Crippen molar-refractivity contribution in [3.05, 3.63) is 54.6 Å². The molecule has 0 bridgehead atoms. The highest BCUT2D eigenvalue weighted by Gasteiger charge is 2.31. The van der Waals surface area contributed by atoms with E-state index in [9.17, 15) is 13.2 Å². The molecule has 0 atom stereocenters. The van der Waals surface area contributed by atoms with Crippen LogP contribution in [-0.2, 0) is 14.8 Å². The van der Waals surface area contributed by atoms with E-state index in [0.717, 1.165) is 5.75 Å². The molecule has 2 aromatic carbocycles. The molecule has 0 spiro atoms. The molecule has 1 heterocycles. The largest absolute Gasteiger partial charge is 0.494 e. The standard InChI is InChI=1S/C23H30N2O5S/c1-2-29-21-9-11-22(12-10-21)31(27,28)25-16-13-19(14-17-25)23(26)24-15-6-18-30-20-7-4-3-5-8-20/h3-5,7-12,19H,2,6,13-18H2,1H3,(H,24,26). The second-order valence-corrected chi connectivity index (χ2v) is 9.33. The number of nitrogens with one attached hydrogen (secondary N) is 1. The fourth-order valence-electron chi connectivity index (χ4n) is 3.52. The van der Waals surface area contributed by atoms with Gasteiger partial charge in [0.25, 0.3) is 0 Å². The zero-order valence-electron chi connectivity index (χ0n) is 17.8. The van der Waals surface area contributed by atoms with E-state index in [2.05, 4.69) is 5.32 Å². The highest BCUT2D eigenvalue weighted by molar-refractivity contribution is 7.89. The molecule has 168 valence electrons. The monoisotopic (exact) mass is 446 g/mol. The van der Waals surface area contributed by atoms with Crippen molar-refractivity contribution in [1.82, 2.24) is 9.62 Å². The lowest BCUT2D eigenvalue weighted by Crippen LogP contribution is -2.43. The van der Waals surface area contributed by atoms with Gasteiger partial charge in [-0.05, 0) is 62.6 Å². The number of rotatable bonds is 10. The Bertz CT molecular complexity index is 924. The van der Waals surface area contributed by atoms with Crippen LogP contribution in [0.4, 0.5) is 0 Å². The Morgan fingerprint density at radius 1 is 1.00 bits per heavy atom. The lowest BCUT2D eigenvalue weighted by molar-refractivity contribution is -0.126. The molecular weight excluding hydrogens is 416 g/mol. The van der Waals surface area contributed by atoms with Crippen LogP contribution in [0.15, 0.2) is 59.5 Å². The summed E-state index contributed by atoms with van der Waals surface area (Å²) < 4.78 is 38.2. The van der Waals surface area contributed by atoms with Crippen LogP contribution in [-0.4, -0.2) is 51.5 Å². The van der Waals surface area contributed by atoms with Gasteiger partial charge in [-0.25, -0.2) is 8.42 Å². The second-order valence-electron chi connectivity index (χ2n) is 7.39. The van der Waals surface area contributed by atoms with Crippen LogP contribution in [0, 0.1) is 5.92 Å². The van der Waals surface area contributed by atoms with Crippen LogP contribution < -0.4 is 14.8 Å². The molecule has 3 rings (SSSR count). The molecule has 1 aliphatic heterocycles. The van der Waals surface area contributed by atoms with Crippen LogP contribution in [0.1, 0.15) is 26.2 Å². The van der Waals surface area contributed by atoms with Gasteiger partial charge in [0.2, 0.25) is 15.9 Å². The minimum absolute atomic E-state index is 0.0159. The van der Waals surface area contributed by atoms with E-state index in [1.165, 1.54) is 4.31 Å². The number of hydrogen-bond donors (Lipinski definition) is 1. The smallest absolute Gasteiger partial charge is 0.243 e. The van der Waals surface area contributed by atoms with Gasteiger partial charge in [0.15, 0.2) is 0 Å². The zero-order chi connectivity index (χ0) is 22.1. The van der Waals surface area contributed by atoms with Crippen molar-refractivity contribution in [3.63, 3.8) is 0 Å². The fourth-order valence-corrected chi connectivity index (χ4v) is 4.99. The molecular formula is C23H30N2O5S. The van der Waals surface area contributed by atoms with Gasteiger partial charge in [-0.3, -0.25) is 4.79 Å². The third-order valence-corrected chi connectivity index (χ3v) is 7.14. The first kappa shape index (κ1) is 23.1. The lowest BCUT2D eigenvalue weighted by atomic mass is 9.97. The Morgan fingerprint density at radius 3 is 2.29 bits per heavy atom. The van der Waals surface area contributed by atoms with Crippen LogP contribution in [0.25, 0.3) is 0 Å². The molecule has 1 fully saturated rings. The number of sulfonamides is 1. The van der Waals surface area contributed by atoms with Gasteiger partial charge in [-0.2, -0.15) is 4.31 Å². The summed E-state index contributed by atoms with van der Waals surface area (Å²) in [5.41, 5.74) is 0. The summed E-state index contributed by atoms with van der Waals surface area (Å²) in [5.74, 6) is 1.28. The molecule has 0 radical (unpaired) electrons. The molecule has 8 heteroatoms. The Kier molecular flexibility index (Phi) is 8.31. The Hall–Kier alpha value is -2.58. The maximum absolute atomic E-state index is 12.9. The Labute approximate surface area is 184 Å². The molecule has 1 saturated heterocycles. The summed E-state index contributed by atoms with van der Waals surface area (Å²) in [4.78, 5) is 12.7. The normalized spacial score (nSPS) is 15.4. The molecule has 0 aromatic heterocycles. The predicted octanol–water partition coefficient (Wildman–Crippen LogP) is 3.07. The summed E-state index contributed by atoms with van der Waals surface area (Å²) in [7, 11) is -3.56. The summed E-state index contributed by atoms with van der Waals surface area (Å²) in [6, 6.07) is 16.0. The molecule has 1 amide bonds. The van der Waals surface area contributed by atoms with Gasteiger partial charge >= 0.3 is 0 Å². The Balaban J connectivity index is 1.40. The average molecular weight is 447 g/mol. The minimum atomic E-state index is -3.56. The van der Waals surface area contributed by atoms with Gasteiger partial charge in [0.1, 0.15) is 11.5 Å². The number of nitrogens with zero attached hydrogens (tertiary/aromatic N) is 1. The number of piperidine rings is 1. The molecule has 0 aliphatic carbocycles. The Morgan fingerprint density at radius 2 is 1.65 bits per heavy atom. The first-order chi connectivity index (χ1) is 15.0. The molecule has 1 aliphatic rings. The number of benzene rings is 2. The van der Waals surface area contributed by atoms with E-state index >= 15 is 0 Å². The molecule has 0 saturated carbocycles. The number of amides is 1. The van der Waals surface area contributed by atoms with Crippen molar-refractivity contribution in [2.45, 2.75) is 31.1 Å². The highest BCUT2D eigenvalue weighted by Crippen LogP contribution is 2.25. The van der Waals surface area contributed by atoms with Crippen LogP contribution >= 0.6 is 0 Å². The summed E-state index contributed by atoms with van der Waals surface area (Å²) in [5, 5.41) is 2.94.